The zero-order valence-corrected chi connectivity index (χ0v) is 18.5. The summed E-state index contributed by atoms with van der Waals surface area (Å²) < 4.78 is 9.51. The molecular formula is C16H27NO5S4. The van der Waals surface area contributed by atoms with Gasteiger partial charge in [-0.1, -0.05) is 57.0 Å². The lowest BCUT2D eigenvalue weighted by Gasteiger charge is -2.06. The molecule has 0 aromatic rings. The Morgan fingerprint density at radius 1 is 0.654 bits per heavy atom. The summed E-state index contributed by atoms with van der Waals surface area (Å²) in [6.45, 7) is 4.17. The Morgan fingerprint density at radius 2 is 1.08 bits per heavy atom. The molecule has 0 bridgehead atoms. The van der Waals surface area contributed by atoms with Crippen LogP contribution in [0.2, 0.25) is 0 Å². The van der Waals surface area contributed by atoms with Crippen molar-refractivity contribution in [1.82, 2.24) is 0 Å². The average Bonchev–Trinajstić information content (AvgIpc) is 2.59. The third-order valence-electron chi connectivity index (χ3n) is 2.54. The Hall–Kier alpha value is -0.320. The molecule has 0 heterocycles. The standard InChI is InChI=1S/C16H27NO5S4/c1-3-9-23-25-11-7-15(19)21-13(17)5-6-14(18)22-16(20)8-12-26-24-10-4-2/h17H,3-12H2,1-2H3. The lowest BCUT2D eigenvalue weighted by atomic mass is 10.3. The molecule has 10 heteroatoms. The zero-order valence-electron chi connectivity index (χ0n) is 15.2. The smallest absolute Gasteiger partial charge is 0.314 e. The molecule has 0 aliphatic heterocycles. The second kappa shape index (κ2) is 18.1. The van der Waals surface area contributed by atoms with Crippen molar-refractivity contribution in [3.63, 3.8) is 0 Å². The van der Waals surface area contributed by atoms with E-state index in [-0.39, 0.29) is 31.6 Å². The highest BCUT2D eigenvalue weighted by Gasteiger charge is 2.14. The third-order valence-corrected chi connectivity index (χ3v) is 7.77. The van der Waals surface area contributed by atoms with Gasteiger partial charge in [0.15, 0.2) is 5.90 Å². The SMILES string of the molecule is CCCSSCCC(=O)OC(=N)CCC(=O)OC(=O)CCSSCCC. The van der Waals surface area contributed by atoms with Gasteiger partial charge in [-0.05, 0) is 12.8 Å². The van der Waals surface area contributed by atoms with Crippen LogP contribution >= 0.6 is 43.2 Å². The van der Waals surface area contributed by atoms with Crippen LogP contribution in [-0.4, -0.2) is 46.8 Å². The Morgan fingerprint density at radius 3 is 1.58 bits per heavy atom. The van der Waals surface area contributed by atoms with Gasteiger partial charge in [-0.3, -0.25) is 19.8 Å². The molecule has 0 saturated heterocycles. The molecule has 150 valence electrons. The average molecular weight is 442 g/mol. The highest BCUT2D eigenvalue weighted by atomic mass is 33.1. The fraction of sp³-hybridized carbons (Fsp3) is 0.750. The Bertz CT molecular complexity index is 408. The third kappa shape index (κ3) is 17.1. The molecule has 0 aromatic heterocycles. The Kier molecular flexibility index (Phi) is 17.8. The summed E-state index contributed by atoms with van der Waals surface area (Å²) in [7, 11) is 6.57. The summed E-state index contributed by atoms with van der Waals surface area (Å²) >= 11 is 0. The largest absolute Gasteiger partial charge is 0.412 e. The fourth-order valence-electron chi connectivity index (χ4n) is 1.34. The normalized spacial score (nSPS) is 10.4. The number of carbonyl (C=O) groups is 3. The molecule has 0 radical (unpaired) electrons. The van der Waals surface area contributed by atoms with Crippen LogP contribution in [-0.2, 0) is 23.9 Å². The van der Waals surface area contributed by atoms with Crippen molar-refractivity contribution < 1.29 is 23.9 Å². The van der Waals surface area contributed by atoms with Crippen molar-refractivity contribution in [1.29, 1.82) is 5.41 Å². The first-order chi connectivity index (χ1) is 12.5. The van der Waals surface area contributed by atoms with Gasteiger partial charge in [-0.15, -0.1) is 0 Å². The minimum Gasteiger partial charge on any atom is -0.412 e. The molecule has 0 fully saturated rings. The van der Waals surface area contributed by atoms with Crippen LogP contribution in [0.4, 0.5) is 0 Å². The van der Waals surface area contributed by atoms with E-state index < -0.39 is 17.9 Å². The van der Waals surface area contributed by atoms with Gasteiger partial charge in [-0.2, -0.15) is 0 Å². The van der Waals surface area contributed by atoms with E-state index in [1.807, 2.05) is 0 Å². The minimum absolute atomic E-state index is 0.0588. The van der Waals surface area contributed by atoms with Gasteiger partial charge in [0.05, 0.1) is 19.3 Å². The summed E-state index contributed by atoms with van der Waals surface area (Å²) in [6.07, 6.45) is 2.34. The molecule has 0 aliphatic rings. The Balaban J connectivity index is 3.72. The Labute approximate surface area is 171 Å². The number of nitrogens with one attached hydrogen (secondary N) is 1. The lowest BCUT2D eigenvalue weighted by molar-refractivity contribution is -0.159. The number of hydrogen-bond acceptors (Lipinski definition) is 10. The van der Waals surface area contributed by atoms with Crippen LogP contribution in [0, 0.1) is 5.41 Å². The molecule has 1 N–H and O–H groups in total. The number of esters is 3. The second-order valence-corrected chi connectivity index (χ2v) is 10.4. The van der Waals surface area contributed by atoms with E-state index in [0.29, 0.717) is 11.5 Å². The fourth-order valence-corrected chi connectivity index (χ4v) is 5.56. The maximum Gasteiger partial charge on any atom is 0.314 e. The molecule has 6 nitrogen and oxygen atoms in total. The summed E-state index contributed by atoms with van der Waals surface area (Å²) in [4.78, 5) is 34.6. The molecule has 0 atom stereocenters. The van der Waals surface area contributed by atoms with Gasteiger partial charge in [0.25, 0.3) is 0 Å². The molecule has 0 rings (SSSR count). The molecule has 26 heavy (non-hydrogen) atoms. The molecular weight excluding hydrogens is 414 g/mol. The van der Waals surface area contributed by atoms with Crippen LogP contribution in [0.25, 0.3) is 0 Å². The summed E-state index contributed by atoms with van der Waals surface area (Å²) in [5.74, 6) is 1.25. The second-order valence-electron chi connectivity index (χ2n) is 5.03. The molecule has 0 aliphatic carbocycles. The van der Waals surface area contributed by atoms with Crippen LogP contribution in [0.3, 0.4) is 0 Å². The van der Waals surface area contributed by atoms with E-state index >= 15 is 0 Å². The first-order valence-corrected chi connectivity index (χ1v) is 13.5. The van der Waals surface area contributed by atoms with Gasteiger partial charge in [0.2, 0.25) is 0 Å². The van der Waals surface area contributed by atoms with Crippen LogP contribution in [0.15, 0.2) is 0 Å². The number of rotatable bonds is 15. The number of carbonyl (C=O) groups excluding carboxylic acids is 3. The topological polar surface area (TPSA) is 93.5 Å². The van der Waals surface area contributed by atoms with E-state index in [2.05, 4.69) is 18.6 Å². The highest BCUT2D eigenvalue weighted by Crippen LogP contribution is 2.23. The molecule has 0 amide bonds. The monoisotopic (exact) mass is 441 g/mol. The number of ether oxygens (including phenoxy) is 2. The van der Waals surface area contributed by atoms with Gasteiger partial charge in [0, 0.05) is 29.4 Å². The van der Waals surface area contributed by atoms with E-state index in [1.54, 1.807) is 43.2 Å². The van der Waals surface area contributed by atoms with E-state index in [0.717, 1.165) is 24.3 Å². The summed E-state index contributed by atoms with van der Waals surface area (Å²) in [5.41, 5.74) is 0. The number of hydrogen-bond donors (Lipinski definition) is 1. The maximum absolute atomic E-state index is 11.6. The van der Waals surface area contributed by atoms with Crippen molar-refractivity contribution in [2.45, 2.75) is 52.4 Å². The van der Waals surface area contributed by atoms with Crippen LogP contribution in [0.5, 0.6) is 0 Å². The lowest BCUT2D eigenvalue weighted by Crippen LogP contribution is -2.16. The van der Waals surface area contributed by atoms with Gasteiger partial charge in [-0.25, -0.2) is 0 Å². The van der Waals surface area contributed by atoms with Crippen LogP contribution in [0.1, 0.15) is 52.4 Å². The van der Waals surface area contributed by atoms with Crippen molar-refractivity contribution in [3.05, 3.63) is 0 Å². The van der Waals surface area contributed by atoms with Crippen molar-refractivity contribution >= 4 is 67.0 Å². The molecule has 0 spiro atoms. The maximum atomic E-state index is 11.6. The van der Waals surface area contributed by atoms with Crippen molar-refractivity contribution in [3.8, 4) is 0 Å². The van der Waals surface area contributed by atoms with Crippen LogP contribution < -0.4 is 0 Å². The van der Waals surface area contributed by atoms with Gasteiger partial charge < -0.3 is 9.47 Å². The summed E-state index contributed by atoms with van der Waals surface area (Å²) in [5, 5.41) is 7.56. The van der Waals surface area contributed by atoms with E-state index in [4.69, 9.17) is 10.1 Å². The van der Waals surface area contributed by atoms with Gasteiger partial charge in [0.1, 0.15) is 0 Å². The molecule has 0 aromatic carbocycles. The molecule has 0 unspecified atom stereocenters. The minimum atomic E-state index is -0.700. The van der Waals surface area contributed by atoms with Gasteiger partial charge >= 0.3 is 17.9 Å². The first kappa shape index (κ1) is 25.7. The highest BCUT2D eigenvalue weighted by molar-refractivity contribution is 8.77. The first-order valence-electron chi connectivity index (χ1n) is 8.50. The predicted molar refractivity (Wildman–Crippen MR) is 114 cm³/mol. The van der Waals surface area contributed by atoms with Crippen molar-refractivity contribution in [2.75, 3.05) is 23.0 Å². The molecule has 0 saturated carbocycles. The van der Waals surface area contributed by atoms with Crippen molar-refractivity contribution in [2.24, 2.45) is 0 Å². The zero-order chi connectivity index (χ0) is 19.6. The predicted octanol–water partition coefficient (Wildman–Crippen LogP) is 4.72. The van der Waals surface area contributed by atoms with E-state index in [1.165, 1.54) is 0 Å². The van der Waals surface area contributed by atoms with E-state index in [9.17, 15) is 14.4 Å². The quantitative estimate of drug-likeness (QED) is 0.0967. The summed E-state index contributed by atoms with van der Waals surface area (Å²) in [6, 6.07) is 0.